The maximum absolute atomic E-state index is 12.0. The number of esters is 1. The van der Waals surface area contributed by atoms with Crippen LogP contribution in [0.1, 0.15) is 18.6 Å². The Morgan fingerprint density at radius 1 is 1.17 bits per heavy atom. The number of phenolic OH excluding ortho intramolecular Hbond substituents is 1. The van der Waals surface area contributed by atoms with Gasteiger partial charge in [-0.05, 0) is 19.1 Å². The van der Waals surface area contributed by atoms with E-state index in [-0.39, 0.29) is 5.75 Å². The largest absolute Gasteiger partial charge is 0.508 e. The summed E-state index contributed by atoms with van der Waals surface area (Å²) in [5, 5.41) is 10.3. The number of carbonyl (C=O) groups is 1. The Labute approximate surface area is 139 Å². The maximum Gasteiger partial charge on any atom is 0.351 e. The number of methoxy groups -OCH3 is 1. The van der Waals surface area contributed by atoms with Crippen molar-refractivity contribution >= 4 is 17.6 Å². The molecule has 1 unspecified atom stereocenters. The predicted molar refractivity (Wildman–Crippen MR) is 86.1 cm³/mol. The van der Waals surface area contributed by atoms with Gasteiger partial charge in [0.05, 0.1) is 13.7 Å². The quantitative estimate of drug-likeness (QED) is 0.814. The summed E-state index contributed by atoms with van der Waals surface area (Å²) in [6, 6.07) is 11.1. The first kappa shape index (κ1) is 17.0. The Morgan fingerprint density at radius 2 is 1.83 bits per heavy atom. The molecule has 0 bridgehead atoms. The fraction of sp³-hybridized carbons (Fsp3) is 0.235. The number of phenols is 1. The minimum absolute atomic E-state index is 0.0225. The van der Waals surface area contributed by atoms with Gasteiger partial charge in [0, 0.05) is 28.8 Å². The lowest BCUT2D eigenvalue weighted by molar-refractivity contribution is -0.149. The lowest BCUT2D eigenvalue weighted by Crippen LogP contribution is -2.20. The zero-order chi connectivity index (χ0) is 16.8. The zero-order valence-electron chi connectivity index (χ0n) is 12.8. The van der Waals surface area contributed by atoms with Crippen molar-refractivity contribution in [3.63, 3.8) is 0 Å². The minimum atomic E-state index is -0.978. The number of carbonyl (C=O) groups excluding carboxylic acids is 1. The van der Waals surface area contributed by atoms with Crippen LogP contribution >= 0.6 is 11.6 Å². The molecule has 5 nitrogen and oxygen atoms in total. The standard InChI is InChI=1S/C17H17ClO5/c1-3-22-14-8-13(19)9-15(10-14)23-16(17(20)21-2)11-4-6-12(18)7-5-11/h4-10,16,19H,3H2,1-2H3. The van der Waals surface area contributed by atoms with Gasteiger partial charge in [0.25, 0.3) is 0 Å². The van der Waals surface area contributed by atoms with E-state index in [0.29, 0.717) is 28.7 Å². The summed E-state index contributed by atoms with van der Waals surface area (Å²) in [5.41, 5.74) is 0.586. The van der Waals surface area contributed by atoms with Crippen molar-refractivity contribution in [1.29, 1.82) is 0 Å². The van der Waals surface area contributed by atoms with E-state index in [2.05, 4.69) is 0 Å². The Kier molecular flexibility index (Phi) is 5.71. The van der Waals surface area contributed by atoms with E-state index in [1.165, 1.54) is 19.2 Å². The summed E-state index contributed by atoms with van der Waals surface area (Å²) in [4.78, 5) is 12.0. The average molecular weight is 337 g/mol. The molecule has 0 spiro atoms. The van der Waals surface area contributed by atoms with Crippen LogP contribution in [0.25, 0.3) is 0 Å². The molecule has 0 saturated heterocycles. The van der Waals surface area contributed by atoms with Crippen molar-refractivity contribution < 1.29 is 24.1 Å². The Hall–Kier alpha value is -2.40. The van der Waals surface area contributed by atoms with Crippen molar-refractivity contribution in [3.05, 3.63) is 53.1 Å². The summed E-state index contributed by atoms with van der Waals surface area (Å²) >= 11 is 5.86. The van der Waals surface area contributed by atoms with Gasteiger partial charge in [0.1, 0.15) is 17.2 Å². The minimum Gasteiger partial charge on any atom is -0.508 e. The SMILES string of the molecule is CCOc1cc(O)cc(OC(C(=O)OC)c2ccc(Cl)cc2)c1. The highest BCUT2D eigenvalue weighted by Gasteiger charge is 2.24. The number of halogens is 1. The zero-order valence-corrected chi connectivity index (χ0v) is 13.5. The summed E-state index contributed by atoms with van der Waals surface area (Å²) in [7, 11) is 1.28. The predicted octanol–water partition coefficient (Wildman–Crippen LogP) is 3.74. The van der Waals surface area contributed by atoms with Crippen molar-refractivity contribution in [2.45, 2.75) is 13.0 Å². The fourth-order valence-corrected chi connectivity index (χ4v) is 2.13. The van der Waals surface area contributed by atoms with Gasteiger partial charge in [-0.15, -0.1) is 0 Å². The van der Waals surface area contributed by atoms with Crippen LogP contribution in [0.15, 0.2) is 42.5 Å². The third-order valence-electron chi connectivity index (χ3n) is 3.02. The summed E-state index contributed by atoms with van der Waals surface area (Å²) in [6.07, 6.45) is -0.978. The van der Waals surface area contributed by atoms with Crippen LogP contribution in [0.2, 0.25) is 5.02 Å². The molecule has 2 aromatic rings. The highest BCUT2D eigenvalue weighted by Crippen LogP contribution is 2.31. The van der Waals surface area contributed by atoms with Crippen LogP contribution in [0.4, 0.5) is 0 Å². The second kappa shape index (κ2) is 7.74. The van der Waals surface area contributed by atoms with E-state index in [1.54, 1.807) is 30.3 Å². The molecular weight excluding hydrogens is 320 g/mol. The van der Waals surface area contributed by atoms with E-state index in [9.17, 15) is 9.90 Å². The summed E-state index contributed by atoms with van der Waals surface area (Å²) in [5.74, 6) is 0.153. The molecule has 0 heterocycles. The number of hydrogen-bond acceptors (Lipinski definition) is 5. The van der Waals surface area contributed by atoms with Crippen LogP contribution in [-0.2, 0) is 9.53 Å². The molecule has 0 amide bonds. The smallest absolute Gasteiger partial charge is 0.351 e. The van der Waals surface area contributed by atoms with Crippen LogP contribution in [0.3, 0.4) is 0 Å². The Morgan fingerprint density at radius 3 is 2.43 bits per heavy atom. The van der Waals surface area contributed by atoms with Crippen molar-refractivity contribution in [2.24, 2.45) is 0 Å². The molecule has 2 rings (SSSR count). The summed E-state index contributed by atoms with van der Waals surface area (Å²) in [6.45, 7) is 2.27. The molecule has 0 aromatic heterocycles. The third-order valence-corrected chi connectivity index (χ3v) is 3.27. The molecule has 0 fully saturated rings. The second-order valence-electron chi connectivity index (χ2n) is 4.67. The first-order chi connectivity index (χ1) is 11.0. The first-order valence-corrected chi connectivity index (χ1v) is 7.38. The topological polar surface area (TPSA) is 65.0 Å². The van der Waals surface area contributed by atoms with Crippen molar-refractivity contribution in [1.82, 2.24) is 0 Å². The van der Waals surface area contributed by atoms with E-state index in [0.717, 1.165) is 0 Å². The van der Waals surface area contributed by atoms with Gasteiger partial charge in [-0.1, -0.05) is 23.7 Å². The number of ether oxygens (including phenoxy) is 3. The normalized spacial score (nSPS) is 11.6. The van der Waals surface area contributed by atoms with E-state index >= 15 is 0 Å². The molecule has 1 N–H and O–H groups in total. The Bertz CT molecular complexity index is 669. The Balaban J connectivity index is 2.31. The molecule has 6 heteroatoms. The van der Waals surface area contributed by atoms with E-state index < -0.39 is 12.1 Å². The maximum atomic E-state index is 12.0. The van der Waals surface area contributed by atoms with E-state index in [1.807, 2.05) is 6.92 Å². The van der Waals surface area contributed by atoms with Gasteiger partial charge in [0.15, 0.2) is 0 Å². The molecule has 122 valence electrons. The molecular formula is C17H17ClO5. The fourth-order valence-electron chi connectivity index (χ4n) is 2.01. The van der Waals surface area contributed by atoms with Crippen LogP contribution in [0, 0.1) is 0 Å². The average Bonchev–Trinajstić information content (AvgIpc) is 2.53. The van der Waals surface area contributed by atoms with Crippen LogP contribution in [-0.4, -0.2) is 24.8 Å². The third kappa shape index (κ3) is 4.53. The number of rotatable bonds is 6. The first-order valence-electron chi connectivity index (χ1n) is 7.00. The van der Waals surface area contributed by atoms with Gasteiger partial charge in [0.2, 0.25) is 6.10 Å². The van der Waals surface area contributed by atoms with Gasteiger partial charge in [-0.2, -0.15) is 0 Å². The molecule has 0 saturated carbocycles. The van der Waals surface area contributed by atoms with Crippen LogP contribution < -0.4 is 9.47 Å². The molecule has 0 radical (unpaired) electrons. The van der Waals surface area contributed by atoms with Gasteiger partial charge >= 0.3 is 5.97 Å². The lowest BCUT2D eigenvalue weighted by Gasteiger charge is -2.18. The lowest BCUT2D eigenvalue weighted by atomic mass is 10.1. The number of benzene rings is 2. The molecule has 0 aliphatic heterocycles. The molecule has 1 atom stereocenters. The number of hydrogen-bond donors (Lipinski definition) is 1. The van der Waals surface area contributed by atoms with Gasteiger partial charge < -0.3 is 19.3 Å². The van der Waals surface area contributed by atoms with Gasteiger partial charge in [-0.3, -0.25) is 0 Å². The number of aromatic hydroxyl groups is 1. The monoisotopic (exact) mass is 336 g/mol. The van der Waals surface area contributed by atoms with Gasteiger partial charge in [-0.25, -0.2) is 4.79 Å². The highest BCUT2D eigenvalue weighted by molar-refractivity contribution is 6.30. The van der Waals surface area contributed by atoms with E-state index in [4.69, 9.17) is 25.8 Å². The van der Waals surface area contributed by atoms with Crippen LogP contribution in [0.5, 0.6) is 17.2 Å². The van der Waals surface area contributed by atoms with Crippen molar-refractivity contribution in [3.8, 4) is 17.2 Å². The highest BCUT2D eigenvalue weighted by atomic mass is 35.5. The molecule has 0 aliphatic carbocycles. The summed E-state index contributed by atoms with van der Waals surface area (Å²) < 4.78 is 15.8. The molecule has 23 heavy (non-hydrogen) atoms. The molecule has 2 aromatic carbocycles. The molecule has 0 aliphatic rings. The second-order valence-corrected chi connectivity index (χ2v) is 5.10. The van der Waals surface area contributed by atoms with Crippen molar-refractivity contribution in [2.75, 3.05) is 13.7 Å².